The summed E-state index contributed by atoms with van der Waals surface area (Å²) in [6.45, 7) is 4.17. The van der Waals surface area contributed by atoms with Crippen molar-refractivity contribution in [1.29, 1.82) is 0 Å². The van der Waals surface area contributed by atoms with Crippen molar-refractivity contribution in [3.8, 4) is 0 Å². The number of fused-ring (bicyclic) bond motifs is 1. The molecule has 0 saturated carbocycles. The second-order valence-corrected chi connectivity index (χ2v) is 4.85. The highest BCUT2D eigenvalue weighted by atomic mass is 16.5. The van der Waals surface area contributed by atoms with Crippen LogP contribution in [0.25, 0.3) is 0 Å². The number of aliphatic hydroxyl groups excluding tert-OH is 1. The van der Waals surface area contributed by atoms with E-state index in [2.05, 4.69) is 28.8 Å². The normalized spacial score (nSPS) is 13.9. The number of ether oxygens (including phenoxy) is 1. The van der Waals surface area contributed by atoms with Gasteiger partial charge in [-0.05, 0) is 36.9 Å². The van der Waals surface area contributed by atoms with Crippen molar-refractivity contribution >= 4 is 5.69 Å². The predicted octanol–water partition coefficient (Wildman–Crippen LogP) is 1.53. The molecule has 2 rings (SSSR count). The zero-order chi connectivity index (χ0) is 13.3. The van der Waals surface area contributed by atoms with E-state index >= 15 is 0 Å². The Balaban J connectivity index is 1.71. The summed E-state index contributed by atoms with van der Waals surface area (Å²) in [6.07, 6.45) is 3.39. The largest absolute Gasteiger partial charge is 0.394 e. The van der Waals surface area contributed by atoms with E-state index in [9.17, 15) is 0 Å². The maximum atomic E-state index is 8.58. The zero-order valence-electron chi connectivity index (χ0n) is 11.5. The lowest BCUT2D eigenvalue weighted by atomic mass is 9.99. The summed E-state index contributed by atoms with van der Waals surface area (Å²) in [5.74, 6) is 0. The molecule has 106 valence electrons. The molecule has 1 aromatic rings. The van der Waals surface area contributed by atoms with Gasteiger partial charge in [0.1, 0.15) is 0 Å². The second-order valence-electron chi connectivity index (χ2n) is 4.85. The van der Waals surface area contributed by atoms with Crippen molar-refractivity contribution in [1.82, 2.24) is 5.32 Å². The van der Waals surface area contributed by atoms with E-state index < -0.39 is 0 Å². The number of para-hydroxylation sites is 1. The van der Waals surface area contributed by atoms with Crippen LogP contribution in [0.2, 0.25) is 0 Å². The van der Waals surface area contributed by atoms with Crippen molar-refractivity contribution in [2.75, 3.05) is 38.2 Å². The summed E-state index contributed by atoms with van der Waals surface area (Å²) in [5.41, 5.74) is 4.13. The number of hydrogen-bond donors (Lipinski definition) is 3. The van der Waals surface area contributed by atoms with Crippen molar-refractivity contribution in [2.24, 2.45) is 0 Å². The highest BCUT2D eigenvalue weighted by Gasteiger charge is 2.11. The second kappa shape index (κ2) is 8.15. The molecule has 0 aliphatic carbocycles. The molecule has 1 aromatic carbocycles. The first-order valence-electron chi connectivity index (χ1n) is 7.16. The van der Waals surface area contributed by atoms with E-state index in [1.165, 1.54) is 29.7 Å². The Hall–Kier alpha value is -1.10. The Morgan fingerprint density at radius 3 is 3.16 bits per heavy atom. The summed E-state index contributed by atoms with van der Waals surface area (Å²) in [5, 5.41) is 15.5. The smallest absolute Gasteiger partial charge is 0.0697 e. The number of rotatable bonds is 8. The molecular formula is C15H24N2O2. The van der Waals surface area contributed by atoms with Crippen LogP contribution in [0.5, 0.6) is 0 Å². The number of nitrogens with one attached hydrogen (secondary N) is 2. The van der Waals surface area contributed by atoms with Crippen molar-refractivity contribution in [3.05, 3.63) is 29.3 Å². The molecule has 0 amide bonds. The van der Waals surface area contributed by atoms with Crippen LogP contribution in [-0.2, 0) is 17.7 Å². The van der Waals surface area contributed by atoms with Crippen LogP contribution in [-0.4, -0.2) is 38.0 Å². The van der Waals surface area contributed by atoms with Gasteiger partial charge >= 0.3 is 0 Å². The number of hydrogen-bond acceptors (Lipinski definition) is 4. The molecule has 1 aliphatic rings. The molecule has 1 aliphatic heterocycles. The molecule has 0 unspecified atom stereocenters. The molecular weight excluding hydrogens is 240 g/mol. The Morgan fingerprint density at radius 1 is 1.32 bits per heavy atom. The quantitative estimate of drug-likeness (QED) is 0.623. The maximum Gasteiger partial charge on any atom is 0.0697 e. The van der Waals surface area contributed by atoms with Crippen LogP contribution in [0.3, 0.4) is 0 Å². The lowest BCUT2D eigenvalue weighted by molar-refractivity contribution is 0.0907. The summed E-state index contributed by atoms with van der Waals surface area (Å²) >= 11 is 0. The van der Waals surface area contributed by atoms with Crippen LogP contribution in [0.1, 0.15) is 24.0 Å². The lowest BCUT2D eigenvalue weighted by Crippen LogP contribution is -2.20. The topological polar surface area (TPSA) is 53.5 Å². The van der Waals surface area contributed by atoms with Crippen LogP contribution in [0, 0.1) is 0 Å². The molecule has 19 heavy (non-hydrogen) atoms. The van der Waals surface area contributed by atoms with Crippen molar-refractivity contribution < 1.29 is 9.84 Å². The van der Waals surface area contributed by atoms with Crippen LogP contribution >= 0.6 is 0 Å². The average molecular weight is 264 g/mol. The molecule has 4 heteroatoms. The van der Waals surface area contributed by atoms with Crippen LogP contribution in [0.4, 0.5) is 5.69 Å². The standard InChI is InChI=1S/C15H24N2O2/c18-9-11-19-10-3-7-16-12-14-5-1-4-13-6-2-8-17-15(13)14/h1,4-5,16-18H,2-3,6-12H2. The van der Waals surface area contributed by atoms with Gasteiger partial charge in [-0.2, -0.15) is 0 Å². The first-order valence-corrected chi connectivity index (χ1v) is 7.16. The maximum absolute atomic E-state index is 8.58. The third kappa shape index (κ3) is 4.49. The minimum atomic E-state index is 0.106. The van der Waals surface area contributed by atoms with Gasteiger partial charge in [0.2, 0.25) is 0 Å². The number of aryl methyl sites for hydroxylation is 1. The summed E-state index contributed by atoms with van der Waals surface area (Å²) in [6, 6.07) is 6.55. The van der Waals surface area contributed by atoms with Gasteiger partial charge in [0.05, 0.1) is 13.2 Å². The van der Waals surface area contributed by atoms with Gasteiger partial charge in [0.25, 0.3) is 0 Å². The van der Waals surface area contributed by atoms with Crippen molar-refractivity contribution in [2.45, 2.75) is 25.8 Å². The van der Waals surface area contributed by atoms with Crippen LogP contribution in [0.15, 0.2) is 18.2 Å². The highest BCUT2D eigenvalue weighted by Crippen LogP contribution is 2.25. The molecule has 4 nitrogen and oxygen atoms in total. The Bertz CT molecular complexity index is 382. The molecule has 3 N–H and O–H groups in total. The summed E-state index contributed by atoms with van der Waals surface area (Å²) < 4.78 is 5.22. The van der Waals surface area contributed by atoms with Gasteiger partial charge in [-0.25, -0.2) is 0 Å². The first-order chi connectivity index (χ1) is 9.42. The molecule has 0 radical (unpaired) electrons. The summed E-state index contributed by atoms with van der Waals surface area (Å²) in [7, 11) is 0. The van der Waals surface area contributed by atoms with Crippen LogP contribution < -0.4 is 10.6 Å². The fourth-order valence-corrected chi connectivity index (χ4v) is 2.42. The number of benzene rings is 1. The number of anilines is 1. The van der Waals surface area contributed by atoms with Gasteiger partial charge in [0.15, 0.2) is 0 Å². The first kappa shape index (κ1) is 14.3. The van der Waals surface area contributed by atoms with E-state index in [4.69, 9.17) is 9.84 Å². The lowest BCUT2D eigenvalue weighted by Gasteiger charge is -2.21. The van der Waals surface area contributed by atoms with E-state index in [-0.39, 0.29) is 6.61 Å². The third-order valence-electron chi connectivity index (χ3n) is 3.36. The SMILES string of the molecule is OCCOCCCNCc1cccc2c1NCCC2. The predicted molar refractivity (Wildman–Crippen MR) is 77.5 cm³/mol. The Labute approximate surface area is 115 Å². The highest BCUT2D eigenvalue weighted by molar-refractivity contribution is 5.59. The molecule has 1 heterocycles. The van der Waals surface area contributed by atoms with Gasteiger partial charge < -0.3 is 20.5 Å². The molecule has 0 atom stereocenters. The fourth-order valence-electron chi connectivity index (χ4n) is 2.42. The number of aliphatic hydroxyl groups is 1. The molecule has 0 saturated heterocycles. The molecule has 0 spiro atoms. The molecule has 0 bridgehead atoms. The van der Waals surface area contributed by atoms with Gasteiger partial charge in [-0.15, -0.1) is 0 Å². The Morgan fingerprint density at radius 2 is 2.26 bits per heavy atom. The third-order valence-corrected chi connectivity index (χ3v) is 3.36. The van der Waals surface area contributed by atoms with E-state index in [1.807, 2.05) is 0 Å². The fraction of sp³-hybridized carbons (Fsp3) is 0.600. The average Bonchev–Trinajstić information content (AvgIpc) is 2.46. The van der Waals surface area contributed by atoms with E-state index in [0.29, 0.717) is 13.2 Å². The zero-order valence-corrected chi connectivity index (χ0v) is 11.5. The minimum Gasteiger partial charge on any atom is -0.394 e. The molecule has 0 fully saturated rings. The van der Waals surface area contributed by atoms with Gasteiger partial charge in [0, 0.05) is 25.4 Å². The van der Waals surface area contributed by atoms with Gasteiger partial charge in [-0.1, -0.05) is 18.2 Å². The monoisotopic (exact) mass is 264 g/mol. The van der Waals surface area contributed by atoms with E-state index in [1.54, 1.807) is 0 Å². The summed E-state index contributed by atoms with van der Waals surface area (Å²) in [4.78, 5) is 0. The Kier molecular flexibility index (Phi) is 6.14. The van der Waals surface area contributed by atoms with E-state index in [0.717, 1.165) is 26.1 Å². The van der Waals surface area contributed by atoms with Gasteiger partial charge in [-0.3, -0.25) is 0 Å². The van der Waals surface area contributed by atoms with Crippen molar-refractivity contribution in [3.63, 3.8) is 0 Å². The molecule has 0 aromatic heterocycles. The minimum absolute atomic E-state index is 0.106.